The molecule has 0 spiro atoms. The van der Waals surface area contributed by atoms with Crippen LogP contribution in [0.4, 0.5) is 4.39 Å². The van der Waals surface area contributed by atoms with Gasteiger partial charge in [-0.15, -0.1) is 0 Å². The summed E-state index contributed by atoms with van der Waals surface area (Å²) in [7, 11) is 0. The van der Waals surface area contributed by atoms with Crippen molar-refractivity contribution < 1.29 is 4.39 Å². The van der Waals surface area contributed by atoms with Crippen LogP contribution < -0.4 is 0 Å². The predicted octanol–water partition coefficient (Wildman–Crippen LogP) is 3.81. The van der Waals surface area contributed by atoms with Crippen molar-refractivity contribution in [3.8, 4) is 0 Å². The van der Waals surface area contributed by atoms with E-state index in [9.17, 15) is 4.39 Å². The largest absolute Gasteiger partial charge is 0.248 e. The van der Waals surface area contributed by atoms with Crippen molar-refractivity contribution in [2.75, 3.05) is 0 Å². The molecule has 0 bridgehead atoms. The molecule has 0 nitrogen and oxygen atoms in total. The van der Waals surface area contributed by atoms with Gasteiger partial charge >= 0.3 is 0 Å². The molecule has 0 saturated heterocycles. The summed E-state index contributed by atoms with van der Waals surface area (Å²) in [6.07, 6.45) is 1.13. The van der Waals surface area contributed by atoms with Crippen molar-refractivity contribution >= 4 is 0 Å². The van der Waals surface area contributed by atoms with Gasteiger partial charge in [0.05, 0.1) is 6.17 Å². The summed E-state index contributed by atoms with van der Waals surface area (Å²) in [4.78, 5) is 0. The normalized spacial score (nSPS) is 15.5. The highest BCUT2D eigenvalue weighted by Crippen LogP contribution is 2.30. The molecule has 0 aromatic carbocycles. The Hall–Kier alpha value is -0.0700. The molecule has 1 unspecified atom stereocenters. The molecular formula is C10H21F. The van der Waals surface area contributed by atoms with E-state index in [1.807, 2.05) is 0 Å². The topological polar surface area (TPSA) is 0 Å². The van der Waals surface area contributed by atoms with E-state index in [1.165, 1.54) is 0 Å². The maximum atomic E-state index is 12.6. The van der Waals surface area contributed by atoms with Gasteiger partial charge in [-0.1, -0.05) is 27.7 Å². The molecule has 0 aromatic rings. The smallest absolute Gasteiger partial charge is 0.0978 e. The monoisotopic (exact) mass is 160 g/mol. The van der Waals surface area contributed by atoms with E-state index in [4.69, 9.17) is 0 Å². The first-order valence-corrected chi connectivity index (χ1v) is 4.47. The molecule has 0 aliphatic carbocycles. The van der Waals surface area contributed by atoms with Crippen molar-refractivity contribution in [1.29, 1.82) is 0 Å². The Balaban J connectivity index is 3.79. The molecule has 1 atom stereocenters. The van der Waals surface area contributed by atoms with Crippen LogP contribution in [0.3, 0.4) is 0 Å². The fraction of sp³-hybridized carbons (Fsp3) is 1.00. The summed E-state index contributed by atoms with van der Waals surface area (Å²) in [6, 6.07) is 0. The molecule has 0 amide bonds. The van der Waals surface area contributed by atoms with Crippen molar-refractivity contribution in [3.05, 3.63) is 0 Å². The second-order valence-corrected chi connectivity index (χ2v) is 4.75. The van der Waals surface area contributed by atoms with Crippen LogP contribution in [-0.4, -0.2) is 6.17 Å². The van der Waals surface area contributed by atoms with Crippen molar-refractivity contribution in [2.45, 2.75) is 53.6 Å². The molecule has 0 rings (SSSR count). The summed E-state index contributed by atoms with van der Waals surface area (Å²) in [5, 5.41) is 0. The highest BCUT2D eigenvalue weighted by Gasteiger charge is 2.21. The number of hydrogen-bond acceptors (Lipinski definition) is 0. The van der Waals surface area contributed by atoms with E-state index < -0.39 is 6.17 Å². The van der Waals surface area contributed by atoms with Crippen LogP contribution in [0.1, 0.15) is 47.5 Å². The lowest BCUT2D eigenvalue weighted by atomic mass is 9.80. The molecule has 0 heterocycles. The van der Waals surface area contributed by atoms with Crippen LogP contribution >= 0.6 is 0 Å². The third-order valence-electron chi connectivity index (χ3n) is 1.79. The zero-order valence-corrected chi connectivity index (χ0v) is 8.45. The molecule has 0 saturated carbocycles. The Bertz CT molecular complexity index is 91.4. The van der Waals surface area contributed by atoms with E-state index in [0.29, 0.717) is 12.3 Å². The highest BCUT2D eigenvalue weighted by molar-refractivity contribution is 4.72. The van der Waals surface area contributed by atoms with Gasteiger partial charge in [-0.3, -0.25) is 0 Å². The number of halogens is 1. The average molecular weight is 160 g/mol. The quantitative estimate of drug-likeness (QED) is 0.586. The van der Waals surface area contributed by atoms with Crippen molar-refractivity contribution in [3.63, 3.8) is 0 Å². The summed E-state index contributed by atoms with van der Waals surface area (Å²) in [6.45, 7) is 10.3. The van der Waals surface area contributed by atoms with Crippen LogP contribution in [0.15, 0.2) is 0 Å². The van der Waals surface area contributed by atoms with Gasteiger partial charge in [0.25, 0.3) is 0 Å². The van der Waals surface area contributed by atoms with Gasteiger partial charge < -0.3 is 0 Å². The summed E-state index contributed by atoms with van der Waals surface area (Å²) in [5.41, 5.74) is 0.169. The van der Waals surface area contributed by atoms with E-state index in [0.717, 1.165) is 6.42 Å². The third kappa shape index (κ3) is 6.33. The van der Waals surface area contributed by atoms with E-state index in [1.54, 1.807) is 6.92 Å². The fourth-order valence-electron chi connectivity index (χ4n) is 1.95. The summed E-state index contributed by atoms with van der Waals surface area (Å²) < 4.78 is 12.6. The second-order valence-electron chi connectivity index (χ2n) is 4.75. The number of alkyl halides is 1. The first-order valence-electron chi connectivity index (χ1n) is 4.47. The van der Waals surface area contributed by atoms with Gasteiger partial charge in [0.15, 0.2) is 0 Å². The minimum Gasteiger partial charge on any atom is -0.248 e. The Labute approximate surface area is 70.2 Å². The van der Waals surface area contributed by atoms with Crippen LogP contribution in [0.25, 0.3) is 0 Å². The third-order valence-corrected chi connectivity index (χ3v) is 1.79. The Kier molecular flexibility index (Phi) is 4.05. The van der Waals surface area contributed by atoms with Crippen LogP contribution in [0, 0.1) is 11.3 Å². The molecule has 0 radical (unpaired) electrons. The maximum absolute atomic E-state index is 12.6. The van der Waals surface area contributed by atoms with Crippen LogP contribution in [0.5, 0.6) is 0 Å². The molecular weight excluding hydrogens is 139 g/mol. The molecule has 0 N–H and O–H groups in total. The summed E-state index contributed by atoms with van der Waals surface area (Å²) >= 11 is 0. The van der Waals surface area contributed by atoms with Crippen LogP contribution in [0.2, 0.25) is 0 Å². The van der Waals surface area contributed by atoms with Crippen molar-refractivity contribution in [1.82, 2.24) is 0 Å². The SMILES string of the molecule is CC(C)CC(C)(C)CC(C)F. The van der Waals surface area contributed by atoms with E-state index >= 15 is 0 Å². The molecule has 11 heavy (non-hydrogen) atoms. The predicted molar refractivity (Wildman–Crippen MR) is 48.4 cm³/mol. The molecule has 0 aromatic heterocycles. The Morgan fingerprint density at radius 1 is 1.09 bits per heavy atom. The van der Waals surface area contributed by atoms with Gasteiger partial charge in [0.2, 0.25) is 0 Å². The fourth-order valence-corrected chi connectivity index (χ4v) is 1.95. The van der Waals surface area contributed by atoms with Gasteiger partial charge in [-0.2, -0.15) is 0 Å². The molecule has 1 heteroatoms. The van der Waals surface area contributed by atoms with Gasteiger partial charge in [-0.05, 0) is 31.1 Å². The standard InChI is InChI=1S/C10H21F/c1-8(2)6-10(4,5)7-9(3)11/h8-9H,6-7H2,1-5H3. The first kappa shape index (κ1) is 10.9. The number of rotatable bonds is 4. The minimum atomic E-state index is -0.663. The molecule has 0 fully saturated rings. The average Bonchev–Trinajstić information content (AvgIpc) is 1.53. The van der Waals surface area contributed by atoms with Gasteiger partial charge in [0.1, 0.15) is 0 Å². The Morgan fingerprint density at radius 2 is 1.55 bits per heavy atom. The van der Waals surface area contributed by atoms with E-state index in [2.05, 4.69) is 27.7 Å². The molecule has 68 valence electrons. The van der Waals surface area contributed by atoms with E-state index in [-0.39, 0.29) is 5.41 Å². The Morgan fingerprint density at radius 3 is 1.82 bits per heavy atom. The lowest BCUT2D eigenvalue weighted by molar-refractivity contribution is 0.191. The van der Waals surface area contributed by atoms with Gasteiger partial charge in [-0.25, -0.2) is 4.39 Å². The molecule has 0 aliphatic rings. The summed E-state index contributed by atoms with van der Waals surface area (Å²) in [5.74, 6) is 0.670. The maximum Gasteiger partial charge on any atom is 0.0978 e. The van der Waals surface area contributed by atoms with Crippen molar-refractivity contribution in [2.24, 2.45) is 11.3 Å². The second kappa shape index (κ2) is 4.08. The number of hydrogen-bond donors (Lipinski definition) is 0. The zero-order chi connectivity index (χ0) is 9.07. The lowest BCUT2D eigenvalue weighted by Crippen LogP contribution is -2.18. The lowest BCUT2D eigenvalue weighted by Gasteiger charge is -2.27. The van der Waals surface area contributed by atoms with Gasteiger partial charge in [0, 0.05) is 0 Å². The highest BCUT2D eigenvalue weighted by atomic mass is 19.1. The first-order chi connectivity index (χ1) is 4.83. The minimum absolute atomic E-state index is 0.169. The van der Waals surface area contributed by atoms with Crippen LogP contribution in [-0.2, 0) is 0 Å². The zero-order valence-electron chi connectivity index (χ0n) is 8.45. The molecule has 0 aliphatic heterocycles.